The summed E-state index contributed by atoms with van der Waals surface area (Å²) in [6.45, 7) is 3.79. The number of ether oxygens (including phenoxy) is 2. The summed E-state index contributed by atoms with van der Waals surface area (Å²) < 4.78 is 15.8. The molecule has 0 radical (unpaired) electrons. The Morgan fingerprint density at radius 2 is 2.20 bits per heavy atom. The Kier molecular flexibility index (Phi) is 4.57. The molecule has 6 nitrogen and oxygen atoms in total. The van der Waals surface area contributed by atoms with Crippen molar-refractivity contribution >= 4 is 0 Å². The van der Waals surface area contributed by atoms with Crippen LogP contribution in [-0.2, 0) is 13.0 Å². The Hall–Kier alpha value is -2.08. The average molecular weight is 278 g/mol. The van der Waals surface area contributed by atoms with Crippen LogP contribution in [0.15, 0.2) is 22.7 Å². The van der Waals surface area contributed by atoms with E-state index in [-0.39, 0.29) is 6.61 Å². The Balaban J connectivity index is 2.14. The lowest BCUT2D eigenvalue weighted by Gasteiger charge is -2.13. The van der Waals surface area contributed by atoms with Crippen LogP contribution in [0.25, 0.3) is 0 Å². The normalized spacial score (nSPS) is 12.2. The van der Waals surface area contributed by atoms with E-state index in [2.05, 4.69) is 10.1 Å². The first-order valence-corrected chi connectivity index (χ1v) is 6.44. The minimum atomic E-state index is -0.632. The van der Waals surface area contributed by atoms with Crippen molar-refractivity contribution in [1.82, 2.24) is 10.1 Å². The standard InChI is InChI=1S/C14H18N2O4/c1-4-14-15-13(16-20-14)8-19-12-7-10(18-3)5-6-11(12)9(2)17/h5-7,9,17H,4,8H2,1-3H3. The number of aromatic nitrogens is 2. The third kappa shape index (κ3) is 3.27. The predicted molar refractivity (Wildman–Crippen MR) is 71.6 cm³/mol. The van der Waals surface area contributed by atoms with Crippen molar-refractivity contribution in [3.8, 4) is 11.5 Å². The van der Waals surface area contributed by atoms with Gasteiger partial charge >= 0.3 is 0 Å². The second kappa shape index (κ2) is 6.38. The molecule has 108 valence electrons. The van der Waals surface area contributed by atoms with Gasteiger partial charge in [-0.05, 0) is 19.1 Å². The monoisotopic (exact) mass is 278 g/mol. The highest BCUT2D eigenvalue weighted by atomic mass is 16.5. The molecule has 20 heavy (non-hydrogen) atoms. The number of nitrogens with zero attached hydrogens (tertiary/aromatic N) is 2. The summed E-state index contributed by atoms with van der Waals surface area (Å²) >= 11 is 0. The smallest absolute Gasteiger partial charge is 0.226 e. The van der Waals surface area contributed by atoms with E-state index in [1.54, 1.807) is 32.2 Å². The summed E-state index contributed by atoms with van der Waals surface area (Å²) in [5.74, 6) is 2.25. The maximum Gasteiger partial charge on any atom is 0.226 e. The van der Waals surface area contributed by atoms with Crippen molar-refractivity contribution in [3.05, 3.63) is 35.5 Å². The lowest BCUT2D eigenvalue weighted by atomic mass is 10.1. The molecule has 1 N–H and O–H groups in total. The molecular formula is C14H18N2O4. The second-order valence-corrected chi connectivity index (χ2v) is 4.33. The molecule has 6 heteroatoms. The topological polar surface area (TPSA) is 77.6 Å². The molecule has 0 aliphatic rings. The van der Waals surface area contributed by atoms with Crippen LogP contribution in [0.2, 0.25) is 0 Å². The highest BCUT2D eigenvalue weighted by molar-refractivity contribution is 5.41. The highest BCUT2D eigenvalue weighted by Gasteiger charge is 2.12. The first-order valence-electron chi connectivity index (χ1n) is 6.44. The van der Waals surface area contributed by atoms with Crippen LogP contribution in [0.3, 0.4) is 0 Å². The summed E-state index contributed by atoms with van der Waals surface area (Å²) in [6, 6.07) is 5.27. The Bertz CT molecular complexity index is 566. The van der Waals surface area contributed by atoms with Gasteiger partial charge in [0.05, 0.1) is 13.2 Å². The van der Waals surface area contributed by atoms with Crippen molar-refractivity contribution in [3.63, 3.8) is 0 Å². The fourth-order valence-electron chi connectivity index (χ4n) is 1.75. The number of aryl methyl sites for hydroxylation is 1. The molecule has 0 saturated heterocycles. The molecule has 0 bridgehead atoms. The molecule has 0 amide bonds. The SMILES string of the molecule is CCc1nc(COc2cc(OC)ccc2C(C)O)no1. The molecule has 1 atom stereocenters. The van der Waals surface area contributed by atoms with Crippen LogP contribution in [0.4, 0.5) is 0 Å². The lowest BCUT2D eigenvalue weighted by Crippen LogP contribution is -2.03. The lowest BCUT2D eigenvalue weighted by molar-refractivity contribution is 0.189. The molecule has 2 rings (SSSR count). The van der Waals surface area contributed by atoms with Gasteiger partial charge in [0.2, 0.25) is 11.7 Å². The number of methoxy groups -OCH3 is 1. The first kappa shape index (κ1) is 14.3. The van der Waals surface area contributed by atoms with Gasteiger partial charge in [-0.15, -0.1) is 0 Å². The summed E-state index contributed by atoms with van der Waals surface area (Å²) in [5, 5.41) is 13.6. The number of hydrogen-bond acceptors (Lipinski definition) is 6. The fourth-order valence-corrected chi connectivity index (χ4v) is 1.75. The number of hydrogen-bond donors (Lipinski definition) is 1. The zero-order chi connectivity index (χ0) is 14.5. The minimum Gasteiger partial charge on any atom is -0.497 e. The third-order valence-electron chi connectivity index (χ3n) is 2.84. The van der Waals surface area contributed by atoms with E-state index >= 15 is 0 Å². The molecule has 1 unspecified atom stereocenters. The van der Waals surface area contributed by atoms with Crippen LogP contribution in [-0.4, -0.2) is 22.4 Å². The molecule has 0 spiro atoms. The van der Waals surface area contributed by atoms with Crippen LogP contribution in [0, 0.1) is 0 Å². The number of aliphatic hydroxyl groups is 1. The van der Waals surface area contributed by atoms with E-state index in [1.165, 1.54) is 0 Å². The van der Waals surface area contributed by atoms with E-state index in [1.807, 2.05) is 6.92 Å². The molecule has 1 heterocycles. The van der Waals surface area contributed by atoms with Gasteiger partial charge in [-0.2, -0.15) is 4.98 Å². The van der Waals surface area contributed by atoms with Gasteiger partial charge in [-0.25, -0.2) is 0 Å². The molecule has 0 saturated carbocycles. The number of aliphatic hydroxyl groups excluding tert-OH is 1. The summed E-state index contributed by atoms with van der Waals surface area (Å²) in [6.07, 6.45) is 0.0535. The second-order valence-electron chi connectivity index (χ2n) is 4.33. The van der Waals surface area contributed by atoms with Crippen LogP contribution in [0.5, 0.6) is 11.5 Å². The molecule has 0 aliphatic heterocycles. The van der Waals surface area contributed by atoms with Gasteiger partial charge in [0.15, 0.2) is 6.61 Å². The third-order valence-corrected chi connectivity index (χ3v) is 2.84. The van der Waals surface area contributed by atoms with Gasteiger partial charge in [0, 0.05) is 18.1 Å². The number of benzene rings is 1. The number of rotatable bonds is 6. The fraction of sp³-hybridized carbons (Fsp3) is 0.429. The maximum atomic E-state index is 9.74. The largest absolute Gasteiger partial charge is 0.497 e. The zero-order valence-corrected chi connectivity index (χ0v) is 11.8. The molecule has 0 aliphatic carbocycles. The molecule has 1 aromatic heterocycles. The Morgan fingerprint density at radius 1 is 1.40 bits per heavy atom. The highest BCUT2D eigenvalue weighted by Crippen LogP contribution is 2.29. The molecule has 0 fully saturated rings. The minimum absolute atomic E-state index is 0.177. The van der Waals surface area contributed by atoms with Crippen molar-refractivity contribution in [2.45, 2.75) is 33.0 Å². The van der Waals surface area contributed by atoms with E-state index in [4.69, 9.17) is 14.0 Å². The Morgan fingerprint density at radius 3 is 2.80 bits per heavy atom. The van der Waals surface area contributed by atoms with Gasteiger partial charge in [-0.1, -0.05) is 12.1 Å². The van der Waals surface area contributed by atoms with Crippen LogP contribution < -0.4 is 9.47 Å². The molecule has 1 aromatic carbocycles. The van der Waals surface area contributed by atoms with E-state index in [9.17, 15) is 5.11 Å². The quantitative estimate of drug-likeness (QED) is 0.873. The van der Waals surface area contributed by atoms with Crippen molar-refractivity contribution < 1.29 is 19.1 Å². The van der Waals surface area contributed by atoms with Crippen molar-refractivity contribution in [1.29, 1.82) is 0 Å². The van der Waals surface area contributed by atoms with E-state index in [0.29, 0.717) is 35.2 Å². The summed E-state index contributed by atoms with van der Waals surface area (Å²) in [5.41, 5.74) is 0.685. The van der Waals surface area contributed by atoms with Crippen molar-refractivity contribution in [2.75, 3.05) is 7.11 Å². The zero-order valence-electron chi connectivity index (χ0n) is 11.8. The maximum absolute atomic E-state index is 9.74. The summed E-state index contributed by atoms with van der Waals surface area (Å²) in [7, 11) is 1.58. The van der Waals surface area contributed by atoms with Crippen LogP contribution >= 0.6 is 0 Å². The van der Waals surface area contributed by atoms with Gasteiger partial charge in [-0.3, -0.25) is 0 Å². The average Bonchev–Trinajstić information content (AvgIpc) is 2.92. The van der Waals surface area contributed by atoms with E-state index < -0.39 is 6.10 Å². The van der Waals surface area contributed by atoms with Crippen LogP contribution in [0.1, 0.15) is 37.2 Å². The Labute approximate surface area is 117 Å². The van der Waals surface area contributed by atoms with Gasteiger partial charge in [0.25, 0.3) is 0 Å². The van der Waals surface area contributed by atoms with Gasteiger partial charge in [0.1, 0.15) is 11.5 Å². The van der Waals surface area contributed by atoms with Gasteiger partial charge < -0.3 is 19.1 Å². The van der Waals surface area contributed by atoms with E-state index in [0.717, 1.165) is 0 Å². The molecular weight excluding hydrogens is 260 g/mol. The van der Waals surface area contributed by atoms with Crippen molar-refractivity contribution in [2.24, 2.45) is 0 Å². The predicted octanol–water partition coefficient (Wildman–Crippen LogP) is 2.27. The molecule has 2 aromatic rings. The first-order chi connectivity index (χ1) is 9.63. The summed E-state index contributed by atoms with van der Waals surface area (Å²) in [4.78, 5) is 4.16.